The van der Waals surface area contributed by atoms with Crippen molar-refractivity contribution in [2.45, 2.75) is 32.4 Å². The van der Waals surface area contributed by atoms with Gasteiger partial charge in [-0.15, -0.1) is 0 Å². The number of carbonyl (C=O) groups excluding carboxylic acids is 1. The summed E-state index contributed by atoms with van der Waals surface area (Å²) >= 11 is 6.19. The summed E-state index contributed by atoms with van der Waals surface area (Å²) < 4.78 is 18.9. The number of nitrogens with zero attached hydrogens (tertiary/aromatic N) is 2. The van der Waals surface area contributed by atoms with E-state index in [1.165, 1.54) is 12.1 Å². The van der Waals surface area contributed by atoms with Crippen LogP contribution in [0.3, 0.4) is 0 Å². The predicted molar refractivity (Wildman–Crippen MR) is 87.2 cm³/mol. The van der Waals surface area contributed by atoms with Crippen molar-refractivity contribution < 1.29 is 13.9 Å². The molecule has 23 heavy (non-hydrogen) atoms. The molecule has 3 rings (SSSR count). The first kappa shape index (κ1) is 16.1. The molecule has 0 radical (unpaired) electrons. The molecule has 6 heteroatoms. The Balaban J connectivity index is 2.03. The molecular formula is C17H18ClFN2O2. The van der Waals surface area contributed by atoms with Crippen molar-refractivity contribution in [2.75, 3.05) is 13.2 Å². The van der Waals surface area contributed by atoms with Gasteiger partial charge in [-0.1, -0.05) is 11.6 Å². The van der Waals surface area contributed by atoms with Crippen molar-refractivity contribution in [1.29, 1.82) is 0 Å². The van der Waals surface area contributed by atoms with Crippen LogP contribution in [0, 0.1) is 5.82 Å². The minimum Gasteiger partial charge on any atom is -0.374 e. The minimum atomic E-state index is -0.426. The van der Waals surface area contributed by atoms with E-state index in [0.29, 0.717) is 29.6 Å². The van der Waals surface area contributed by atoms with Gasteiger partial charge in [0.05, 0.1) is 29.3 Å². The van der Waals surface area contributed by atoms with E-state index in [-0.39, 0.29) is 23.0 Å². The molecule has 1 fully saturated rings. The average Bonchev–Trinajstić information content (AvgIpc) is 2.48. The first-order chi connectivity index (χ1) is 10.8. The zero-order valence-electron chi connectivity index (χ0n) is 13.3. The fourth-order valence-corrected chi connectivity index (χ4v) is 2.98. The number of hydrogen-bond acceptors (Lipinski definition) is 3. The molecule has 122 valence electrons. The number of rotatable bonds is 1. The molecule has 1 aliphatic heterocycles. The molecule has 1 aromatic heterocycles. The van der Waals surface area contributed by atoms with E-state index < -0.39 is 5.54 Å². The highest BCUT2D eigenvalue weighted by Crippen LogP contribution is 2.28. The number of benzene rings is 1. The second kappa shape index (κ2) is 5.73. The third-order valence-corrected chi connectivity index (χ3v) is 4.39. The van der Waals surface area contributed by atoms with Crippen molar-refractivity contribution in [3.63, 3.8) is 0 Å². The van der Waals surface area contributed by atoms with Gasteiger partial charge in [0, 0.05) is 18.0 Å². The first-order valence-electron chi connectivity index (χ1n) is 7.47. The van der Waals surface area contributed by atoms with Crippen LogP contribution in [0.5, 0.6) is 0 Å². The molecule has 1 aromatic carbocycles. The van der Waals surface area contributed by atoms with Gasteiger partial charge >= 0.3 is 0 Å². The van der Waals surface area contributed by atoms with Crippen LogP contribution in [0.2, 0.25) is 5.15 Å². The smallest absolute Gasteiger partial charge is 0.257 e. The third-order valence-electron chi connectivity index (χ3n) is 4.10. The number of pyridine rings is 1. The standard InChI is InChI=1S/C17H18ClFN2O2/c1-10-8-21(17(2,3)9-23-10)16(22)13-6-11-4-5-12(19)7-14(11)20-15(13)18/h4-7,10H,8-9H2,1-3H3. The van der Waals surface area contributed by atoms with Crippen molar-refractivity contribution in [1.82, 2.24) is 9.88 Å². The fourth-order valence-electron chi connectivity index (χ4n) is 2.75. The maximum absolute atomic E-state index is 13.3. The Morgan fingerprint density at radius 1 is 1.43 bits per heavy atom. The lowest BCUT2D eigenvalue weighted by Gasteiger charge is -2.44. The van der Waals surface area contributed by atoms with Crippen LogP contribution in [0.1, 0.15) is 31.1 Å². The van der Waals surface area contributed by atoms with E-state index in [4.69, 9.17) is 16.3 Å². The normalized spacial score (nSPS) is 20.7. The molecule has 0 aliphatic carbocycles. The number of amides is 1. The second-order valence-corrected chi connectivity index (χ2v) is 6.87. The van der Waals surface area contributed by atoms with Crippen molar-refractivity contribution in [2.24, 2.45) is 0 Å². The van der Waals surface area contributed by atoms with Crippen LogP contribution in [-0.4, -0.2) is 40.6 Å². The SMILES string of the molecule is CC1CN(C(=O)c2cc3ccc(F)cc3nc2Cl)C(C)(C)CO1. The fraction of sp³-hybridized carbons (Fsp3) is 0.412. The van der Waals surface area contributed by atoms with Crippen molar-refractivity contribution in [3.05, 3.63) is 40.8 Å². The summed E-state index contributed by atoms with van der Waals surface area (Å²) in [5, 5.41) is 0.765. The third kappa shape index (κ3) is 3.03. The summed E-state index contributed by atoms with van der Waals surface area (Å²) in [6.45, 7) is 6.79. The lowest BCUT2D eigenvalue weighted by Crippen LogP contribution is -2.57. The van der Waals surface area contributed by atoms with Crippen LogP contribution >= 0.6 is 11.6 Å². The molecule has 1 aliphatic rings. The summed E-state index contributed by atoms with van der Waals surface area (Å²) in [5.41, 5.74) is 0.333. The van der Waals surface area contributed by atoms with Crippen molar-refractivity contribution >= 4 is 28.4 Å². The summed E-state index contributed by atoms with van der Waals surface area (Å²) in [6, 6.07) is 5.91. The topological polar surface area (TPSA) is 42.4 Å². The zero-order chi connectivity index (χ0) is 16.8. The van der Waals surface area contributed by atoms with E-state index in [1.54, 1.807) is 17.0 Å². The van der Waals surface area contributed by atoms with Gasteiger partial charge in [-0.2, -0.15) is 0 Å². The molecular weight excluding hydrogens is 319 g/mol. The monoisotopic (exact) mass is 336 g/mol. The molecule has 4 nitrogen and oxygen atoms in total. The Kier molecular flexibility index (Phi) is 4.02. The number of ether oxygens (including phenoxy) is 1. The largest absolute Gasteiger partial charge is 0.374 e. The molecule has 0 spiro atoms. The summed E-state index contributed by atoms with van der Waals surface area (Å²) in [7, 11) is 0. The van der Waals surface area contributed by atoms with Gasteiger partial charge in [0.15, 0.2) is 0 Å². The van der Waals surface area contributed by atoms with Gasteiger partial charge in [0.25, 0.3) is 5.91 Å². The maximum Gasteiger partial charge on any atom is 0.257 e. The van der Waals surface area contributed by atoms with Crippen LogP contribution in [0.4, 0.5) is 4.39 Å². The summed E-state index contributed by atoms with van der Waals surface area (Å²) in [5.74, 6) is -0.572. The number of morpholine rings is 1. The Bertz CT molecular complexity index is 779. The van der Waals surface area contributed by atoms with Gasteiger partial charge in [-0.25, -0.2) is 9.37 Å². The van der Waals surface area contributed by atoms with Crippen molar-refractivity contribution in [3.8, 4) is 0 Å². The highest BCUT2D eigenvalue weighted by atomic mass is 35.5. The lowest BCUT2D eigenvalue weighted by molar-refractivity contribution is -0.0755. The highest BCUT2D eigenvalue weighted by Gasteiger charge is 2.37. The highest BCUT2D eigenvalue weighted by molar-refractivity contribution is 6.33. The summed E-state index contributed by atoms with van der Waals surface area (Å²) in [4.78, 5) is 18.9. The van der Waals surface area contributed by atoms with Gasteiger partial charge in [0.1, 0.15) is 11.0 Å². The van der Waals surface area contributed by atoms with Gasteiger partial charge in [0.2, 0.25) is 0 Å². The molecule has 1 amide bonds. The van der Waals surface area contributed by atoms with Gasteiger partial charge in [-0.3, -0.25) is 4.79 Å². The summed E-state index contributed by atoms with van der Waals surface area (Å²) in [6.07, 6.45) is -0.0340. The molecule has 2 aromatic rings. The minimum absolute atomic E-state index is 0.0340. The number of carbonyl (C=O) groups is 1. The Hall–Kier alpha value is -1.72. The van der Waals surface area contributed by atoms with E-state index in [9.17, 15) is 9.18 Å². The Morgan fingerprint density at radius 3 is 2.91 bits per heavy atom. The van der Waals surface area contributed by atoms with Gasteiger partial charge < -0.3 is 9.64 Å². The first-order valence-corrected chi connectivity index (χ1v) is 7.85. The average molecular weight is 337 g/mol. The zero-order valence-corrected chi connectivity index (χ0v) is 14.0. The van der Waals surface area contributed by atoms with Crippen LogP contribution in [0.25, 0.3) is 10.9 Å². The van der Waals surface area contributed by atoms with E-state index in [0.717, 1.165) is 0 Å². The predicted octanol–water partition coefficient (Wildman–Crippen LogP) is 3.67. The number of hydrogen-bond donors (Lipinski definition) is 0. The van der Waals surface area contributed by atoms with Crippen LogP contribution in [-0.2, 0) is 4.74 Å². The van der Waals surface area contributed by atoms with E-state index in [2.05, 4.69) is 4.98 Å². The lowest BCUT2D eigenvalue weighted by atomic mass is 9.99. The maximum atomic E-state index is 13.3. The molecule has 0 N–H and O–H groups in total. The second-order valence-electron chi connectivity index (χ2n) is 6.51. The molecule has 2 heterocycles. The van der Waals surface area contributed by atoms with Gasteiger partial charge in [-0.05, 0) is 39.0 Å². The van der Waals surface area contributed by atoms with E-state index >= 15 is 0 Å². The number of fused-ring (bicyclic) bond motifs is 1. The quantitative estimate of drug-likeness (QED) is 0.746. The Labute approximate surface area is 139 Å². The molecule has 1 saturated heterocycles. The molecule has 1 unspecified atom stereocenters. The molecule has 0 saturated carbocycles. The van der Waals surface area contributed by atoms with E-state index in [1.807, 2.05) is 20.8 Å². The number of aromatic nitrogens is 1. The number of halogens is 2. The van der Waals surface area contributed by atoms with Crippen LogP contribution < -0.4 is 0 Å². The Morgan fingerprint density at radius 2 is 2.17 bits per heavy atom. The molecule has 1 atom stereocenters. The molecule has 0 bridgehead atoms. The van der Waals surface area contributed by atoms with Crippen LogP contribution in [0.15, 0.2) is 24.3 Å².